The summed E-state index contributed by atoms with van der Waals surface area (Å²) in [6.07, 6.45) is 10.4. The fourth-order valence-electron chi connectivity index (χ4n) is 3.65. The first-order chi connectivity index (χ1) is 10.6. The van der Waals surface area contributed by atoms with Gasteiger partial charge < -0.3 is 14.2 Å². The Morgan fingerprint density at radius 3 is 3.09 bits per heavy atom. The second-order valence-corrected chi connectivity index (χ2v) is 6.86. The van der Waals surface area contributed by atoms with E-state index in [1.807, 2.05) is 24.3 Å². The van der Waals surface area contributed by atoms with Crippen molar-refractivity contribution in [3.05, 3.63) is 18.2 Å². The molecule has 5 nitrogen and oxygen atoms in total. The third kappa shape index (κ3) is 3.69. The molecule has 3 heterocycles. The van der Waals surface area contributed by atoms with Gasteiger partial charge in [0.15, 0.2) is 0 Å². The van der Waals surface area contributed by atoms with E-state index in [0.717, 1.165) is 45.2 Å². The maximum absolute atomic E-state index is 12.3. The van der Waals surface area contributed by atoms with Crippen LogP contribution in [0.1, 0.15) is 44.9 Å². The first-order valence-corrected chi connectivity index (χ1v) is 8.51. The van der Waals surface area contributed by atoms with Gasteiger partial charge in [-0.3, -0.25) is 4.79 Å². The van der Waals surface area contributed by atoms with Crippen LogP contribution in [0.4, 0.5) is 0 Å². The second-order valence-electron chi connectivity index (χ2n) is 6.86. The first-order valence-electron chi connectivity index (χ1n) is 8.51. The molecule has 2 aliphatic rings. The van der Waals surface area contributed by atoms with Crippen molar-refractivity contribution in [2.45, 2.75) is 64.2 Å². The Morgan fingerprint density at radius 1 is 1.45 bits per heavy atom. The molecule has 0 unspecified atom stereocenters. The van der Waals surface area contributed by atoms with E-state index >= 15 is 0 Å². The summed E-state index contributed by atoms with van der Waals surface area (Å²) in [6, 6.07) is 0. The van der Waals surface area contributed by atoms with Gasteiger partial charge >= 0.3 is 0 Å². The van der Waals surface area contributed by atoms with Gasteiger partial charge in [0.1, 0.15) is 5.82 Å². The molecule has 0 saturated carbocycles. The number of carbonyl (C=O) groups excluding carboxylic acids is 1. The van der Waals surface area contributed by atoms with Crippen LogP contribution >= 0.6 is 0 Å². The largest absolute Gasteiger partial charge is 0.375 e. The molecule has 1 fully saturated rings. The van der Waals surface area contributed by atoms with E-state index in [1.165, 1.54) is 5.82 Å². The number of hydrogen-bond donors (Lipinski definition) is 0. The van der Waals surface area contributed by atoms with Crippen LogP contribution in [0.25, 0.3) is 0 Å². The van der Waals surface area contributed by atoms with Gasteiger partial charge in [-0.2, -0.15) is 0 Å². The van der Waals surface area contributed by atoms with Crippen molar-refractivity contribution in [1.82, 2.24) is 14.5 Å². The molecule has 0 bridgehead atoms. The quantitative estimate of drug-likeness (QED) is 0.838. The fourth-order valence-corrected chi connectivity index (χ4v) is 3.65. The lowest BCUT2D eigenvalue weighted by Gasteiger charge is -2.28. The van der Waals surface area contributed by atoms with Crippen molar-refractivity contribution >= 4 is 5.91 Å². The molecule has 0 aliphatic carbocycles. The molecule has 1 aromatic heterocycles. The number of amides is 1. The summed E-state index contributed by atoms with van der Waals surface area (Å²) in [5.41, 5.74) is 0. The molecule has 0 radical (unpaired) electrons. The normalized spacial score (nSPS) is 27.6. The maximum atomic E-state index is 12.3. The molecule has 122 valence electrons. The summed E-state index contributed by atoms with van der Waals surface area (Å²) in [6.45, 7) is 3.94. The van der Waals surface area contributed by atoms with Crippen molar-refractivity contribution < 1.29 is 9.53 Å². The van der Waals surface area contributed by atoms with Crippen LogP contribution in [0.5, 0.6) is 0 Å². The Hall–Kier alpha value is -1.36. The molecular formula is C17H27N3O2. The van der Waals surface area contributed by atoms with Crippen molar-refractivity contribution in [2.24, 2.45) is 5.92 Å². The van der Waals surface area contributed by atoms with Gasteiger partial charge in [0.25, 0.3) is 0 Å². The van der Waals surface area contributed by atoms with Gasteiger partial charge in [0.2, 0.25) is 5.91 Å². The number of imidazole rings is 1. The van der Waals surface area contributed by atoms with Crippen molar-refractivity contribution in [3.8, 4) is 0 Å². The smallest absolute Gasteiger partial charge is 0.222 e. The number of aromatic nitrogens is 2. The van der Waals surface area contributed by atoms with E-state index in [-0.39, 0.29) is 12.0 Å². The highest BCUT2D eigenvalue weighted by molar-refractivity contribution is 5.75. The summed E-state index contributed by atoms with van der Waals surface area (Å²) in [5, 5.41) is 0. The fraction of sp³-hybridized carbons (Fsp3) is 0.765. The maximum Gasteiger partial charge on any atom is 0.222 e. The minimum absolute atomic E-state index is 0.250. The molecule has 0 N–H and O–H groups in total. The van der Waals surface area contributed by atoms with Crippen LogP contribution in [0.15, 0.2) is 12.4 Å². The third-order valence-corrected chi connectivity index (χ3v) is 4.99. The number of rotatable bonds is 5. The Balaban J connectivity index is 1.42. The van der Waals surface area contributed by atoms with Gasteiger partial charge in [-0.05, 0) is 38.5 Å². The van der Waals surface area contributed by atoms with Gasteiger partial charge in [0, 0.05) is 45.4 Å². The first kappa shape index (κ1) is 15.5. The second kappa shape index (κ2) is 6.82. The van der Waals surface area contributed by atoms with E-state index in [9.17, 15) is 4.79 Å². The van der Waals surface area contributed by atoms with Crippen molar-refractivity contribution in [1.29, 1.82) is 0 Å². The Labute approximate surface area is 132 Å². The van der Waals surface area contributed by atoms with Crippen LogP contribution < -0.4 is 0 Å². The van der Waals surface area contributed by atoms with E-state index in [1.54, 1.807) is 0 Å². The molecule has 22 heavy (non-hydrogen) atoms. The van der Waals surface area contributed by atoms with E-state index < -0.39 is 0 Å². The average molecular weight is 305 g/mol. The predicted octanol–water partition coefficient (Wildman–Crippen LogP) is 2.25. The molecule has 0 aromatic carbocycles. The van der Waals surface area contributed by atoms with Crippen LogP contribution in [-0.2, 0) is 22.5 Å². The standard InChI is InChI=1S/C17H27N3O2/c1-13-3-5-15(22-13)6-8-17(21)19(2)11-14-4-7-16-18-9-10-20(16)12-14/h9-10,13-15H,3-8,11-12H2,1-2H3/t13-,14-,15+/m1/s1. The number of nitrogens with zero attached hydrogens (tertiary/aromatic N) is 3. The SMILES string of the molecule is C[C@@H]1CC[C@@H](CCC(=O)N(C)C[C@H]2CCc3nccn3C2)O1. The molecule has 1 saturated heterocycles. The zero-order chi connectivity index (χ0) is 15.5. The number of fused-ring (bicyclic) bond motifs is 1. The summed E-state index contributed by atoms with van der Waals surface area (Å²) in [4.78, 5) is 18.6. The van der Waals surface area contributed by atoms with Crippen LogP contribution in [0.3, 0.4) is 0 Å². The van der Waals surface area contributed by atoms with E-state index in [0.29, 0.717) is 18.4 Å². The number of aryl methyl sites for hydroxylation is 1. The Bertz CT molecular complexity index is 514. The third-order valence-electron chi connectivity index (χ3n) is 4.99. The van der Waals surface area contributed by atoms with E-state index in [2.05, 4.69) is 16.5 Å². The Kier molecular flexibility index (Phi) is 4.81. The predicted molar refractivity (Wildman–Crippen MR) is 84.5 cm³/mol. The highest BCUT2D eigenvalue weighted by atomic mass is 16.5. The lowest BCUT2D eigenvalue weighted by molar-refractivity contribution is -0.131. The van der Waals surface area contributed by atoms with Crippen LogP contribution in [-0.4, -0.2) is 46.2 Å². The van der Waals surface area contributed by atoms with Crippen molar-refractivity contribution in [3.63, 3.8) is 0 Å². The molecule has 3 rings (SSSR count). The zero-order valence-electron chi connectivity index (χ0n) is 13.7. The molecule has 5 heteroatoms. The molecule has 3 atom stereocenters. The van der Waals surface area contributed by atoms with Gasteiger partial charge in [0.05, 0.1) is 12.2 Å². The number of ether oxygens (including phenoxy) is 1. The summed E-state index contributed by atoms with van der Waals surface area (Å²) >= 11 is 0. The van der Waals surface area contributed by atoms with Gasteiger partial charge in [-0.15, -0.1) is 0 Å². The molecule has 1 aromatic rings. The van der Waals surface area contributed by atoms with Crippen LogP contribution in [0.2, 0.25) is 0 Å². The van der Waals surface area contributed by atoms with E-state index in [4.69, 9.17) is 4.74 Å². The lowest BCUT2D eigenvalue weighted by Crippen LogP contribution is -2.35. The highest BCUT2D eigenvalue weighted by Gasteiger charge is 2.24. The Morgan fingerprint density at radius 2 is 2.32 bits per heavy atom. The number of carbonyl (C=O) groups is 1. The van der Waals surface area contributed by atoms with Crippen LogP contribution in [0, 0.1) is 5.92 Å². The topological polar surface area (TPSA) is 47.4 Å². The number of hydrogen-bond acceptors (Lipinski definition) is 3. The van der Waals surface area contributed by atoms with Gasteiger partial charge in [-0.1, -0.05) is 0 Å². The van der Waals surface area contributed by atoms with Crippen molar-refractivity contribution in [2.75, 3.05) is 13.6 Å². The molecule has 0 spiro atoms. The molecule has 1 amide bonds. The van der Waals surface area contributed by atoms with Gasteiger partial charge in [-0.25, -0.2) is 4.98 Å². The molecular weight excluding hydrogens is 278 g/mol. The zero-order valence-corrected chi connectivity index (χ0v) is 13.7. The summed E-state index contributed by atoms with van der Waals surface area (Å²) in [5.74, 6) is 1.97. The summed E-state index contributed by atoms with van der Waals surface area (Å²) < 4.78 is 8.01. The highest BCUT2D eigenvalue weighted by Crippen LogP contribution is 2.23. The molecule has 2 aliphatic heterocycles. The monoisotopic (exact) mass is 305 g/mol. The lowest BCUT2D eigenvalue weighted by atomic mass is 9.98. The summed E-state index contributed by atoms with van der Waals surface area (Å²) in [7, 11) is 1.93. The minimum Gasteiger partial charge on any atom is -0.375 e. The minimum atomic E-state index is 0.250. The average Bonchev–Trinajstić information content (AvgIpc) is 3.12.